The summed E-state index contributed by atoms with van der Waals surface area (Å²) < 4.78 is 12.4. The highest BCUT2D eigenvalue weighted by atomic mass is 31.1. The molecule has 0 amide bonds. The zero-order chi connectivity index (χ0) is 25.8. The second-order valence-corrected chi connectivity index (χ2v) is 13.3. The maximum absolute atomic E-state index is 10.4. The SMILES string of the molecule is COc1ccc(-c2c(CO)ccc3c(CO)cccc23)c(OC)c1P(C1CCCCC1)C1CCCCC1. The Morgan fingerprint density at radius 3 is 1.92 bits per heavy atom. The first-order valence-electron chi connectivity index (χ1n) is 14.0. The molecule has 37 heavy (non-hydrogen) atoms. The molecule has 3 aromatic rings. The maximum atomic E-state index is 10.4. The lowest BCUT2D eigenvalue weighted by Gasteiger charge is -2.40. The molecule has 0 atom stereocenters. The van der Waals surface area contributed by atoms with Crippen molar-refractivity contribution < 1.29 is 19.7 Å². The number of ether oxygens (including phenoxy) is 2. The predicted octanol–water partition coefficient (Wildman–Crippen LogP) is 7.28. The Morgan fingerprint density at radius 1 is 0.703 bits per heavy atom. The summed E-state index contributed by atoms with van der Waals surface area (Å²) in [6.07, 6.45) is 13.2. The van der Waals surface area contributed by atoms with Crippen LogP contribution in [0.5, 0.6) is 11.5 Å². The summed E-state index contributed by atoms with van der Waals surface area (Å²) in [5.74, 6) is 1.86. The molecule has 2 N–H and O–H groups in total. The van der Waals surface area contributed by atoms with Crippen LogP contribution in [0, 0.1) is 0 Å². The molecule has 2 aliphatic carbocycles. The van der Waals surface area contributed by atoms with E-state index in [4.69, 9.17) is 9.47 Å². The third kappa shape index (κ3) is 5.13. The van der Waals surface area contributed by atoms with Gasteiger partial charge in [-0.1, -0.05) is 76.8 Å². The molecule has 5 heteroatoms. The van der Waals surface area contributed by atoms with E-state index in [2.05, 4.69) is 18.2 Å². The fourth-order valence-corrected chi connectivity index (χ4v) is 10.8. The second kappa shape index (κ2) is 12.2. The third-order valence-corrected chi connectivity index (χ3v) is 12.1. The van der Waals surface area contributed by atoms with Crippen LogP contribution in [0.4, 0.5) is 0 Å². The summed E-state index contributed by atoms with van der Waals surface area (Å²) in [7, 11) is 3.11. The Morgan fingerprint density at radius 2 is 1.35 bits per heavy atom. The van der Waals surface area contributed by atoms with E-state index in [1.165, 1.54) is 69.5 Å². The molecule has 4 nitrogen and oxygen atoms in total. The fourth-order valence-electron chi connectivity index (χ4n) is 6.80. The van der Waals surface area contributed by atoms with Crippen LogP contribution in [0.25, 0.3) is 21.9 Å². The van der Waals surface area contributed by atoms with E-state index in [-0.39, 0.29) is 13.2 Å². The van der Waals surface area contributed by atoms with Crippen LogP contribution in [0.2, 0.25) is 0 Å². The summed E-state index contributed by atoms with van der Waals surface area (Å²) in [4.78, 5) is 0. The minimum Gasteiger partial charge on any atom is -0.496 e. The second-order valence-electron chi connectivity index (χ2n) is 10.6. The van der Waals surface area contributed by atoms with Gasteiger partial charge in [0.2, 0.25) is 0 Å². The number of aliphatic hydroxyl groups excluding tert-OH is 2. The van der Waals surface area contributed by atoms with Crippen LogP contribution >= 0.6 is 7.92 Å². The summed E-state index contributed by atoms with van der Waals surface area (Å²) in [5, 5.41) is 23.7. The lowest BCUT2D eigenvalue weighted by Crippen LogP contribution is -2.28. The van der Waals surface area contributed by atoms with Crippen molar-refractivity contribution >= 4 is 24.0 Å². The van der Waals surface area contributed by atoms with Crippen LogP contribution in [-0.4, -0.2) is 35.8 Å². The van der Waals surface area contributed by atoms with Gasteiger partial charge in [-0.05, 0) is 76.6 Å². The van der Waals surface area contributed by atoms with Gasteiger partial charge in [-0.2, -0.15) is 0 Å². The van der Waals surface area contributed by atoms with Crippen LogP contribution < -0.4 is 14.8 Å². The molecule has 0 aliphatic heterocycles. The van der Waals surface area contributed by atoms with Crippen molar-refractivity contribution in [1.29, 1.82) is 0 Å². The zero-order valence-corrected chi connectivity index (χ0v) is 23.2. The Bertz CT molecular complexity index is 1190. The van der Waals surface area contributed by atoms with Crippen molar-refractivity contribution in [3.63, 3.8) is 0 Å². The van der Waals surface area contributed by atoms with E-state index in [1.54, 1.807) is 14.2 Å². The average molecular weight is 521 g/mol. The molecule has 5 rings (SSSR count). The van der Waals surface area contributed by atoms with Gasteiger partial charge in [0, 0.05) is 5.56 Å². The largest absolute Gasteiger partial charge is 0.496 e. The van der Waals surface area contributed by atoms with Gasteiger partial charge in [-0.15, -0.1) is 0 Å². The highest BCUT2D eigenvalue weighted by Crippen LogP contribution is 2.59. The van der Waals surface area contributed by atoms with E-state index in [0.29, 0.717) is 11.3 Å². The average Bonchev–Trinajstić information content (AvgIpc) is 2.97. The molecule has 0 unspecified atom stereocenters. The van der Waals surface area contributed by atoms with Crippen molar-refractivity contribution in [1.82, 2.24) is 0 Å². The predicted molar refractivity (Wildman–Crippen MR) is 155 cm³/mol. The third-order valence-electron chi connectivity index (χ3n) is 8.56. The molecule has 0 heterocycles. The fraction of sp³-hybridized carbons (Fsp3) is 0.500. The normalized spacial score (nSPS) is 17.4. The zero-order valence-electron chi connectivity index (χ0n) is 22.3. The van der Waals surface area contributed by atoms with E-state index < -0.39 is 7.92 Å². The molecule has 0 bridgehead atoms. The summed E-state index contributed by atoms with van der Waals surface area (Å²) >= 11 is 0. The topological polar surface area (TPSA) is 58.9 Å². The Labute approximate surface area is 222 Å². The van der Waals surface area contributed by atoms with Crippen molar-refractivity contribution in [2.75, 3.05) is 14.2 Å². The summed E-state index contributed by atoms with van der Waals surface area (Å²) in [6.45, 7) is -0.0753. The highest BCUT2D eigenvalue weighted by molar-refractivity contribution is 7.67. The molecule has 2 saturated carbocycles. The van der Waals surface area contributed by atoms with Crippen LogP contribution in [0.1, 0.15) is 75.3 Å². The first kappa shape index (κ1) is 26.5. The molecule has 0 saturated heterocycles. The van der Waals surface area contributed by atoms with E-state index in [9.17, 15) is 10.2 Å². The molecule has 2 fully saturated rings. The monoisotopic (exact) mass is 520 g/mol. The molecule has 3 aromatic carbocycles. The van der Waals surface area contributed by atoms with Crippen molar-refractivity contribution in [3.8, 4) is 22.6 Å². The van der Waals surface area contributed by atoms with Gasteiger partial charge in [-0.3, -0.25) is 0 Å². The highest BCUT2D eigenvalue weighted by Gasteiger charge is 2.37. The lowest BCUT2D eigenvalue weighted by atomic mass is 9.91. The standard InChI is InChI=1S/C32H41O4P/c1-35-29-19-18-28(30-23(21-34)16-17-26-22(20-33)10-9-15-27(26)30)31(36-2)32(29)37(24-11-5-3-6-12-24)25-13-7-4-8-14-25/h9-10,15-19,24-25,33-34H,3-8,11-14,20-21H2,1-2H3. The quantitative estimate of drug-likeness (QED) is 0.307. The van der Waals surface area contributed by atoms with Gasteiger partial charge in [0.15, 0.2) is 0 Å². The lowest BCUT2D eigenvalue weighted by molar-refractivity contribution is 0.282. The minimum atomic E-state index is -0.471. The van der Waals surface area contributed by atoms with E-state index in [1.807, 2.05) is 24.3 Å². The molecule has 2 aliphatic rings. The summed E-state index contributed by atoms with van der Waals surface area (Å²) in [5.41, 5.74) is 5.19. The molecule has 0 spiro atoms. The number of hydrogen-bond donors (Lipinski definition) is 2. The Hall–Kier alpha value is -2.13. The molecule has 0 radical (unpaired) electrons. The number of rotatable bonds is 8. The number of hydrogen-bond acceptors (Lipinski definition) is 4. The maximum Gasteiger partial charge on any atom is 0.138 e. The Kier molecular flexibility index (Phi) is 8.70. The first-order valence-corrected chi connectivity index (χ1v) is 15.5. The number of methoxy groups -OCH3 is 2. The molecular formula is C32H41O4P. The molecule has 198 valence electrons. The number of fused-ring (bicyclic) bond motifs is 1. The first-order chi connectivity index (χ1) is 18.2. The van der Waals surface area contributed by atoms with Crippen LogP contribution in [0.3, 0.4) is 0 Å². The van der Waals surface area contributed by atoms with Gasteiger partial charge >= 0.3 is 0 Å². The minimum absolute atomic E-state index is 0.0189. The van der Waals surface area contributed by atoms with Gasteiger partial charge in [0.05, 0.1) is 32.7 Å². The van der Waals surface area contributed by atoms with Crippen molar-refractivity contribution in [3.05, 3.63) is 53.6 Å². The smallest absolute Gasteiger partial charge is 0.138 e. The summed E-state index contributed by atoms with van der Waals surface area (Å²) in [6, 6.07) is 14.3. The van der Waals surface area contributed by atoms with Gasteiger partial charge in [0.25, 0.3) is 0 Å². The van der Waals surface area contributed by atoms with Gasteiger partial charge < -0.3 is 19.7 Å². The van der Waals surface area contributed by atoms with Crippen molar-refractivity contribution in [2.24, 2.45) is 0 Å². The van der Waals surface area contributed by atoms with Gasteiger partial charge in [-0.25, -0.2) is 0 Å². The van der Waals surface area contributed by atoms with Gasteiger partial charge in [0.1, 0.15) is 11.5 Å². The molecular weight excluding hydrogens is 479 g/mol. The number of aliphatic hydroxyl groups is 2. The van der Waals surface area contributed by atoms with Crippen LogP contribution in [0.15, 0.2) is 42.5 Å². The van der Waals surface area contributed by atoms with E-state index >= 15 is 0 Å². The van der Waals surface area contributed by atoms with Crippen molar-refractivity contribution in [2.45, 2.75) is 88.7 Å². The Balaban J connectivity index is 1.77. The van der Waals surface area contributed by atoms with Crippen LogP contribution in [-0.2, 0) is 13.2 Å². The molecule has 0 aromatic heterocycles. The number of benzene rings is 3. The van der Waals surface area contributed by atoms with E-state index in [0.717, 1.165) is 44.5 Å².